The van der Waals surface area contributed by atoms with E-state index in [9.17, 15) is 13.2 Å². The molecule has 0 radical (unpaired) electrons. The number of benzene rings is 1. The Hall–Kier alpha value is -1.46. The molecule has 0 saturated carbocycles. The van der Waals surface area contributed by atoms with Gasteiger partial charge in [-0.15, -0.1) is 0 Å². The third kappa shape index (κ3) is 2.68. The summed E-state index contributed by atoms with van der Waals surface area (Å²) in [4.78, 5) is 10.4. The molecular formula is C12H13NO4S. The number of morpholine rings is 1. The standard InChI is InChI=1S/C12H13NO4S/c14-8-5-11-1-3-12(4-2-11)18(15,16)13-6-9-17-10-7-13/h1-5H,6-7,9-10H2. The molecule has 0 aliphatic carbocycles. The van der Waals surface area contributed by atoms with Crippen LogP contribution in [0.25, 0.3) is 6.08 Å². The highest BCUT2D eigenvalue weighted by atomic mass is 32.2. The van der Waals surface area contributed by atoms with E-state index in [1.54, 1.807) is 18.1 Å². The number of carbonyl (C=O) groups excluding carboxylic acids is 1. The summed E-state index contributed by atoms with van der Waals surface area (Å²) in [6.07, 6.45) is 1.26. The fraction of sp³-hybridized carbons (Fsp3) is 0.333. The molecule has 0 aromatic heterocycles. The fourth-order valence-electron chi connectivity index (χ4n) is 1.74. The number of sulfonamides is 1. The Bertz CT molecular complexity index is 552. The van der Waals surface area contributed by atoms with Crippen molar-refractivity contribution in [2.75, 3.05) is 26.3 Å². The van der Waals surface area contributed by atoms with Crippen molar-refractivity contribution >= 4 is 22.0 Å². The van der Waals surface area contributed by atoms with Gasteiger partial charge in [0, 0.05) is 19.2 Å². The molecule has 1 heterocycles. The second-order valence-electron chi connectivity index (χ2n) is 3.85. The van der Waals surface area contributed by atoms with Crippen molar-refractivity contribution in [1.82, 2.24) is 4.31 Å². The lowest BCUT2D eigenvalue weighted by Crippen LogP contribution is -2.40. The molecule has 18 heavy (non-hydrogen) atoms. The molecule has 1 aromatic rings. The van der Waals surface area contributed by atoms with E-state index in [-0.39, 0.29) is 4.90 Å². The van der Waals surface area contributed by atoms with Crippen molar-refractivity contribution in [3.63, 3.8) is 0 Å². The van der Waals surface area contributed by atoms with Gasteiger partial charge in [0.25, 0.3) is 0 Å². The van der Waals surface area contributed by atoms with E-state index in [0.717, 1.165) is 0 Å². The molecule has 0 N–H and O–H groups in total. The molecule has 1 fully saturated rings. The molecular weight excluding hydrogens is 254 g/mol. The maximum Gasteiger partial charge on any atom is 0.243 e. The highest BCUT2D eigenvalue weighted by molar-refractivity contribution is 7.89. The van der Waals surface area contributed by atoms with E-state index in [0.29, 0.717) is 31.9 Å². The van der Waals surface area contributed by atoms with Crippen LogP contribution in [0.15, 0.2) is 29.2 Å². The molecule has 1 aliphatic rings. The molecule has 1 aliphatic heterocycles. The summed E-state index contributed by atoms with van der Waals surface area (Å²) in [6.45, 7) is 1.59. The number of hydrogen-bond acceptors (Lipinski definition) is 4. The monoisotopic (exact) mass is 267 g/mol. The van der Waals surface area contributed by atoms with Gasteiger partial charge in [-0.25, -0.2) is 13.2 Å². The summed E-state index contributed by atoms with van der Waals surface area (Å²) in [5.74, 6) is 1.65. The number of ether oxygens (including phenoxy) is 1. The zero-order chi connectivity index (χ0) is 13.0. The molecule has 0 spiro atoms. The van der Waals surface area contributed by atoms with Gasteiger partial charge in [0.1, 0.15) is 5.94 Å². The number of nitrogens with zero attached hydrogens (tertiary/aromatic N) is 1. The van der Waals surface area contributed by atoms with Crippen LogP contribution in [-0.4, -0.2) is 45.0 Å². The Kier molecular flexibility index (Phi) is 3.93. The SMILES string of the molecule is O=C=Cc1ccc(S(=O)(=O)N2CCOCC2)cc1. The van der Waals surface area contributed by atoms with Crippen LogP contribution in [0.4, 0.5) is 0 Å². The molecule has 0 amide bonds. The number of hydrogen-bond donors (Lipinski definition) is 0. The first-order chi connectivity index (χ1) is 8.64. The third-order valence-electron chi connectivity index (χ3n) is 2.71. The van der Waals surface area contributed by atoms with Crippen molar-refractivity contribution < 1.29 is 17.9 Å². The smallest absolute Gasteiger partial charge is 0.243 e. The van der Waals surface area contributed by atoms with Gasteiger partial charge in [0.2, 0.25) is 10.0 Å². The predicted molar refractivity (Wildman–Crippen MR) is 66.2 cm³/mol. The Morgan fingerprint density at radius 1 is 1.17 bits per heavy atom. The van der Waals surface area contributed by atoms with Crippen molar-refractivity contribution in [3.8, 4) is 0 Å². The van der Waals surface area contributed by atoms with Crippen LogP contribution in [0.2, 0.25) is 0 Å². The fourth-order valence-corrected chi connectivity index (χ4v) is 3.15. The molecule has 1 aromatic carbocycles. The summed E-state index contributed by atoms with van der Waals surface area (Å²) in [6, 6.07) is 6.15. The second kappa shape index (κ2) is 5.46. The van der Waals surface area contributed by atoms with Gasteiger partial charge in [-0.05, 0) is 17.7 Å². The van der Waals surface area contributed by atoms with Crippen molar-refractivity contribution in [1.29, 1.82) is 0 Å². The van der Waals surface area contributed by atoms with Crippen molar-refractivity contribution in [2.24, 2.45) is 0 Å². The lowest BCUT2D eigenvalue weighted by Gasteiger charge is -2.26. The topological polar surface area (TPSA) is 63.7 Å². The van der Waals surface area contributed by atoms with E-state index in [4.69, 9.17) is 4.74 Å². The Balaban J connectivity index is 2.26. The van der Waals surface area contributed by atoms with E-state index < -0.39 is 10.0 Å². The van der Waals surface area contributed by atoms with E-state index in [1.165, 1.54) is 22.5 Å². The first-order valence-corrected chi connectivity index (χ1v) is 6.97. The quantitative estimate of drug-likeness (QED) is 0.750. The highest BCUT2D eigenvalue weighted by Gasteiger charge is 2.25. The van der Waals surface area contributed by atoms with Gasteiger partial charge in [-0.3, -0.25) is 0 Å². The summed E-state index contributed by atoms with van der Waals surface area (Å²) in [7, 11) is -3.45. The Morgan fingerprint density at radius 3 is 2.33 bits per heavy atom. The van der Waals surface area contributed by atoms with Gasteiger partial charge in [0.15, 0.2) is 0 Å². The van der Waals surface area contributed by atoms with Crippen LogP contribution in [0.1, 0.15) is 5.56 Å². The minimum absolute atomic E-state index is 0.229. The normalized spacial score (nSPS) is 17.1. The van der Waals surface area contributed by atoms with E-state index in [2.05, 4.69) is 0 Å². The second-order valence-corrected chi connectivity index (χ2v) is 5.79. The first-order valence-electron chi connectivity index (χ1n) is 5.53. The maximum absolute atomic E-state index is 12.2. The summed E-state index contributed by atoms with van der Waals surface area (Å²) < 4.78 is 31.0. The lowest BCUT2D eigenvalue weighted by atomic mass is 10.2. The van der Waals surface area contributed by atoms with E-state index in [1.807, 2.05) is 0 Å². The lowest BCUT2D eigenvalue weighted by molar-refractivity contribution is 0.0730. The first kappa shape index (κ1) is 13.0. The largest absolute Gasteiger partial charge is 0.379 e. The zero-order valence-corrected chi connectivity index (χ0v) is 10.5. The van der Waals surface area contributed by atoms with Gasteiger partial charge in [-0.1, -0.05) is 12.1 Å². The van der Waals surface area contributed by atoms with Gasteiger partial charge in [0.05, 0.1) is 18.1 Å². The van der Waals surface area contributed by atoms with Gasteiger partial charge >= 0.3 is 0 Å². The molecule has 1 saturated heterocycles. The number of rotatable bonds is 3. The average molecular weight is 267 g/mol. The van der Waals surface area contributed by atoms with Crippen LogP contribution in [0.3, 0.4) is 0 Å². The van der Waals surface area contributed by atoms with Crippen LogP contribution in [0.5, 0.6) is 0 Å². The molecule has 2 rings (SSSR count). The Labute approximate surface area is 106 Å². The minimum atomic E-state index is -3.45. The summed E-state index contributed by atoms with van der Waals surface area (Å²) in [5, 5.41) is 0. The van der Waals surface area contributed by atoms with Gasteiger partial charge in [-0.2, -0.15) is 4.31 Å². The van der Waals surface area contributed by atoms with Crippen molar-refractivity contribution in [3.05, 3.63) is 29.8 Å². The third-order valence-corrected chi connectivity index (χ3v) is 4.63. The molecule has 96 valence electrons. The van der Waals surface area contributed by atoms with Crippen LogP contribution < -0.4 is 0 Å². The highest BCUT2D eigenvalue weighted by Crippen LogP contribution is 2.17. The maximum atomic E-state index is 12.2. The van der Waals surface area contributed by atoms with Crippen LogP contribution in [-0.2, 0) is 19.6 Å². The summed E-state index contributed by atoms with van der Waals surface area (Å²) in [5.41, 5.74) is 0.630. The van der Waals surface area contributed by atoms with E-state index >= 15 is 0 Å². The molecule has 6 heteroatoms. The zero-order valence-electron chi connectivity index (χ0n) is 9.70. The molecule has 5 nitrogen and oxygen atoms in total. The molecule has 0 unspecified atom stereocenters. The minimum Gasteiger partial charge on any atom is -0.379 e. The summed E-state index contributed by atoms with van der Waals surface area (Å²) >= 11 is 0. The van der Waals surface area contributed by atoms with Crippen LogP contribution >= 0.6 is 0 Å². The predicted octanol–water partition coefficient (Wildman–Crippen LogP) is 0.552. The van der Waals surface area contributed by atoms with Gasteiger partial charge < -0.3 is 4.74 Å². The molecule has 0 atom stereocenters. The average Bonchev–Trinajstić information content (AvgIpc) is 2.41. The Morgan fingerprint density at radius 2 is 1.78 bits per heavy atom. The van der Waals surface area contributed by atoms with Crippen molar-refractivity contribution in [2.45, 2.75) is 4.90 Å². The van der Waals surface area contributed by atoms with Crippen LogP contribution in [0, 0.1) is 0 Å². The molecule has 0 bridgehead atoms.